The molecule has 1 aromatic rings. The first kappa shape index (κ1) is 11.4. The number of Topliss-reactive ketones (excluding diaryl/α,β-unsaturated/α-hetero) is 1. The number of carbonyl (C=O) groups excluding carboxylic acids is 2. The second kappa shape index (κ2) is 4.72. The largest absolute Gasteiger partial charge is 0.341 e. The molecule has 15 heavy (non-hydrogen) atoms. The van der Waals surface area contributed by atoms with Crippen LogP contribution in [0.4, 0.5) is 0 Å². The van der Waals surface area contributed by atoms with Crippen molar-refractivity contribution in [3.05, 3.63) is 18.0 Å². The van der Waals surface area contributed by atoms with Crippen LogP contribution in [0.5, 0.6) is 0 Å². The van der Waals surface area contributed by atoms with Gasteiger partial charge in [-0.3, -0.25) is 14.3 Å². The smallest absolute Gasteiger partial charge is 0.272 e. The molecule has 1 N–H and O–H groups in total. The molecule has 1 heterocycles. The summed E-state index contributed by atoms with van der Waals surface area (Å²) in [5.74, 6) is -0.302. The summed E-state index contributed by atoms with van der Waals surface area (Å²) in [5.41, 5.74) is 0.327. The Morgan fingerprint density at radius 3 is 2.73 bits per heavy atom. The minimum absolute atomic E-state index is 0.0132. The number of aromatic nitrogens is 2. The van der Waals surface area contributed by atoms with Crippen LogP contribution in [-0.4, -0.2) is 27.5 Å². The van der Waals surface area contributed by atoms with Gasteiger partial charge in [-0.2, -0.15) is 5.10 Å². The highest BCUT2D eigenvalue weighted by Crippen LogP contribution is 1.96. The number of aryl methyl sites for hydroxylation is 1. The van der Waals surface area contributed by atoms with E-state index < -0.39 is 6.04 Å². The Labute approximate surface area is 88.5 Å². The van der Waals surface area contributed by atoms with Gasteiger partial charge in [-0.1, -0.05) is 6.92 Å². The van der Waals surface area contributed by atoms with Crippen molar-refractivity contribution in [3.8, 4) is 0 Å². The molecule has 1 aromatic heterocycles. The van der Waals surface area contributed by atoms with Crippen LogP contribution in [0.3, 0.4) is 0 Å². The highest BCUT2D eigenvalue weighted by molar-refractivity contribution is 5.96. The van der Waals surface area contributed by atoms with E-state index in [2.05, 4.69) is 10.4 Å². The second-order valence-corrected chi connectivity index (χ2v) is 3.39. The standard InChI is InChI=1S/C10H15N3O2/c1-4-9(14)7(2)11-10(15)8-5-6-13(3)12-8/h5-7H,4H2,1-3H3,(H,11,15). The van der Waals surface area contributed by atoms with Gasteiger partial charge in [0.25, 0.3) is 5.91 Å². The number of carbonyl (C=O) groups is 2. The Morgan fingerprint density at radius 2 is 2.27 bits per heavy atom. The maximum atomic E-state index is 11.5. The van der Waals surface area contributed by atoms with E-state index in [0.717, 1.165) is 0 Å². The van der Waals surface area contributed by atoms with E-state index >= 15 is 0 Å². The van der Waals surface area contributed by atoms with E-state index in [1.165, 1.54) is 0 Å². The molecule has 0 aliphatic carbocycles. The molecule has 0 fully saturated rings. The molecule has 0 aliphatic rings. The molecule has 0 aromatic carbocycles. The number of nitrogens with one attached hydrogen (secondary N) is 1. The van der Waals surface area contributed by atoms with Gasteiger partial charge >= 0.3 is 0 Å². The molecule has 0 aliphatic heterocycles. The normalized spacial score (nSPS) is 12.2. The molecule has 0 bridgehead atoms. The third-order valence-corrected chi connectivity index (χ3v) is 2.13. The molecule has 1 atom stereocenters. The molecule has 5 nitrogen and oxygen atoms in total. The van der Waals surface area contributed by atoms with E-state index in [4.69, 9.17) is 0 Å². The van der Waals surface area contributed by atoms with Gasteiger partial charge in [0.1, 0.15) is 5.69 Å². The number of nitrogens with zero attached hydrogens (tertiary/aromatic N) is 2. The third kappa shape index (κ3) is 2.90. The van der Waals surface area contributed by atoms with Gasteiger partial charge < -0.3 is 5.32 Å². The quantitative estimate of drug-likeness (QED) is 0.786. The minimum Gasteiger partial charge on any atom is -0.341 e. The number of rotatable bonds is 4. The fourth-order valence-corrected chi connectivity index (χ4v) is 1.19. The topological polar surface area (TPSA) is 64.0 Å². The van der Waals surface area contributed by atoms with Gasteiger partial charge in [0.2, 0.25) is 0 Å². The van der Waals surface area contributed by atoms with E-state index in [1.807, 2.05) is 0 Å². The van der Waals surface area contributed by atoms with E-state index in [0.29, 0.717) is 12.1 Å². The van der Waals surface area contributed by atoms with E-state index in [1.54, 1.807) is 37.8 Å². The lowest BCUT2D eigenvalue weighted by Gasteiger charge is -2.10. The van der Waals surface area contributed by atoms with Gasteiger partial charge in [-0.25, -0.2) is 0 Å². The summed E-state index contributed by atoms with van der Waals surface area (Å²) in [4.78, 5) is 22.8. The number of amides is 1. The Kier molecular flexibility index (Phi) is 3.60. The van der Waals surface area contributed by atoms with Crippen molar-refractivity contribution in [1.29, 1.82) is 0 Å². The van der Waals surface area contributed by atoms with Gasteiger partial charge in [0.15, 0.2) is 5.78 Å². The Morgan fingerprint density at radius 1 is 1.60 bits per heavy atom. The second-order valence-electron chi connectivity index (χ2n) is 3.39. The predicted molar refractivity (Wildman–Crippen MR) is 55.4 cm³/mol. The molecule has 0 saturated carbocycles. The SMILES string of the molecule is CCC(=O)C(C)NC(=O)c1ccn(C)n1. The first-order valence-corrected chi connectivity index (χ1v) is 4.87. The maximum Gasteiger partial charge on any atom is 0.272 e. The van der Waals surface area contributed by atoms with Gasteiger partial charge in [-0.05, 0) is 13.0 Å². The van der Waals surface area contributed by atoms with Crippen molar-refractivity contribution in [2.24, 2.45) is 7.05 Å². The summed E-state index contributed by atoms with van der Waals surface area (Å²) in [6.07, 6.45) is 2.10. The van der Waals surface area contributed by atoms with Crippen molar-refractivity contribution in [2.75, 3.05) is 0 Å². The predicted octanol–water partition coefficient (Wildman–Crippen LogP) is 0.517. The molecule has 0 radical (unpaired) electrons. The number of hydrogen-bond acceptors (Lipinski definition) is 3. The van der Waals surface area contributed by atoms with Crippen LogP contribution in [0.15, 0.2) is 12.3 Å². The summed E-state index contributed by atoms with van der Waals surface area (Å²) in [6, 6.07) is 1.16. The number of ketones is 1. The average molecular weight is 209 g/mol. The molecule has 5 heteroatoms. The average Bonchev–Trinajstić information content (AvgIpc) is 2.63. The molecule has 0 saturated heterocycles. The lowest BCUT2D eigenvalue weighted by Crippen LogP contribution is -2.38. The van der Waals surface area contributed by atoms with Crippen molar-refractivity contribution >= 4 is 11.7 Å². The zero-order valence-corrected chi connectivity index (χ0v) is 9.15. The van der Waals surface area contributed by atoms with Crippen LogP contribution >= 0.6 is 0 Å². The molecule has 1 rings (SSSR count). The lowest BCUT2D eigenvalue weighted by atomic mass is 10.1. The fourth-order valence-electron chi connectivity index (χ4n) is 1.19. The zero-order chi connectivity index (χ0) is 11.4. The van der Waals surface area contributed by atoms with Crippen LogP contribution in [-0.2, 0) is 11.8 Å². The Balaban J connectivity index is 2.60. The highest BCUT2D eigenvalue weighted by atomic mass is 16.2. The molecule has 0 spiro atoms. The Bertz CT molecular complexity index is 370. The zero-order valence-electron chi connectivity index (χ0n) is 9.15. The van der Waals surface area contributed by atoms with Gasteiger partial charge in [0, 0.05) is 19.7 Å². The first-order chi connectivity index (χ1) is 7.04. The van der Waals surface area contributed by atoms with Crippen molar-refractivity contribution in [2.45, 2.75) is 26.3 Å². The summed E-state index contributed by atoms with van der Waals surface area (Å²) >= 11 is 0. The molecule has 82 valence electrons. The minimum atomic E-state index is -0.454. The van der Waals surface area contributed by atoms with Crippen LogP contribution in [0.25, 0.3) is 0 Å². The Hall–Kier alpha value is -1.65. The van der Waals surface area contributed by atoms with Crippen LogP contribution < -0.4 is 5.32 Å². The first-order valence-electron chi connectivity index (χ1n) is 4.87. The van der Waals surface area contributed by atoms with Gasteiger partial charge in [0.05, 0.1) is 6.04 Å². The molecule has 1 amide bonds. The molecular weight excluding hydrogens is 194 g/mol. The summed E-state index contributed by atoms with van der Waals surface area (Å²) < 4.78 is 1.54. The molecular formula is C10H15N3O2. The third-order valence-electron chi connectivity index (χ3n) is 2.13. The maximum absolute atomic E-state index is 11.5. The van der Waals surface area contributed by atoms with E-state index in [9.17, 15) is 9.59 Å². The van der Waals surface area contributed by atoms with Gasteiger partial charge in [-0.15, -0.1) is 0 Å². The fraction of sp³-hybridized carbons (Fsp3) is 0.500. The summed E-state index contributed by atoms with van der Waals surface area (Å²) in [7, 11) is 1.73. The van der Waals surface area contributed by atoms with Crippen molar-refractivity contribution in [1.82, 2.24) is 15.1 Å². The van der Waals surface area contributed by atoms with Crippen molar-refractivity contribution in [3.63, 3.8) is 0 Å². The number of hydrogen-bond donors (Lipinski definition) is 1. The lowest BCUT2D eigenvalue weighted by molar-refractivity contribution is -0.120. The highest BCUT2D eigenvalue weighted by Gasteiger charge is 2.16. The van der Waals surface area contributed by atoms with E-state index in [-0.39, 0.29) is 11.7 Å². The van der Waals surface area contributed by atoms with Crippen molar-refractivity contribution < 1.29 is 9.59 Å². The summed E-state index contributed by atoms with van der Waals surface area (Å²) in [6.45, 7) is 3.44. The summed E-state index contributed by atoms with van der Waals surface area (Å²) in [5, 5.41) is 6.54. The molecule has 1 unspecified atom stereocenters. The van der Waals surface area contributed by atoms with Crippen LogP contribution in [0, 0.1) is 0 Å². The van der Waals surface area contributed by atoms with Crippen LogP contribution in [0.2, 0.25) is 0 Å². The van der Waals surface area contributed by atoms with Crippen LogP contribution in [0.1, 0.15) is 30.8 Å². The monoisotopic (exact) mass is 209 g/mol.